The van der Waals surface area contributed by atoms with Gasteiger partial charge in [-0.1, -0.05) is 18.2 Å². The first-order chi connectivity index (χ1) is 13.2. The highest BCUT2D eigenvalue weighted by atomic mass is 16.7. The lowest BCUT2D eigenvalue weighted by Gasteiger charge is -2.34. The highest BCUT2D eigenvalue weighted by Crippen LogP contribution is 2.32. The van der Waals surface area contributed by atoms with E-state index in [0.29, 0.717) is 13.4 Å². The van der Waals surface area contributed by atoms with E-state index >= 15 is 0 Å². The standard InChI is InChI=1S/C21H24N2O4/c1-25-14-17-3-2-4-18(11-17)21(24)23-9-7-22(8-10-23)13-16-5-6-19-20(12-16)27-15-26-19/h2-6,11-12H,7-10,13-15H2,1H3. The first-order valence-corrected chi connectivity index (χ1v) is 9.21. The summed E-state index contributed by atoms with van der Waals surface area (Å²) in [6, 6.07) is 13.8. The van der Waals surface area contributed by atoms with E-state index in [1.807, 2.05) is 41.3 Å². The van der Waals surface area contributed by atoms with Gasteiger partial charge in [0.2, 0.25) is 6.79 Å². The summed E-state index contributed by atoms with van der Waals surface area (Å²) < 4.78 is 16.0. The summed E-state index contributed by atoms with van der Waals surface area (Å²) in [5.41, 5.74) is 2.95. The number of rotatable bonds is 5. The quantitative estimate of drug-likeness (QED) is 0.812. The summed E-state index contributed by atoms with van der Waals surface area (Å²) in [5, 5.41) is 0. The Morgan fingerprint density at radius 2 is 1.81 bits per heavy atom. The number of carbonyl (C=O) groups excluding carboxylic acids is 1. The van der Waals surface area contributed by atoms with Crippen molar-refractivity contribution in [2.24, 2.45) is 0 Å². The second-order valence-electron chi connectivity index (χ2n) is 6.89. The van der Waals surface area contributed by atoms with E-state index in [1.54, 1.807) is 7.11 Å². The van der Waals surface area contributed by atoms with Crippen molar-refractivity contribution in [1.82, 2.24) is 9.80 Å². The van der Waals surface area contributed by atoms with Crippen molar-refractivity contribution in [3.63, 3.8) is 0 Å². The second kappa shape index (κ2) is 7.98. The molecule has 0 atom stereocenters. The number of benzene rings is 2. The molecule has 6 nitrogen and oxygen atoms in total. The van der Waals surface area contributed by atoms with Crippen molar-refractivity contribution in [3.05, 3.63) is 59.2 Å². The molecule has 0 bridgehead atoms. The Morgan fingerprint density at radius 1 is 1.00 bits per heavy atom. The summed E-state index contributed by atoms with van der Waals surface area (Å²) >= 11 is 0. The van der Waals surface area contributed by atoms with Gasteiger partial charge < -0.3 is 19.1 Å². The molecule has 0 unspecified atom stereocenters. The highest BCUT2D eigenvalue weighted by Gasteiger charge is 2.23. The number of hydrogen-bond acceptors (Lipinski definition) is 5. The first kappa shape index (κ1) is 17.8. The van der Waals surface area contributed by atoms with Gasteiger partial charge in [0.1, 0.15) is 0 Å². The Morgan fingerprint density at radius 3 is 2.63 bits per heavy atom. The zero-order chi connectivity index (χ0) is 18.6. The topological polar surface area (TPSA) is 51.2 Å². The van der Waals surface area contributed by atoms with Crippen LogP contribution in [-0.2, 0) is 17.9 Å². The highest BCUT2D eigenvalue weighted by molar-refractivity contribution is 5.94. The third-order valence-electron chi connectivity index (χ3n) is 4.99. The van der Waals surface area contributed by atoms with E-state index in [0.717, 1.165) is 55.3 Å². The SMILES string of the molecule is COCc1cccc(C(=O)N2CCN(Cc3ccc4c(c3)OCO4)CC2)c1. The van der Waals surface area contributed by atoms with Crippen LogP contribution in [0.25, 0.3) is 0 Å². The maximum Gasteiger partial charge on any atom is 0.253 e. The van der Waals surface area contributed by atoms with Gasteiger partial charge in [-0.05, 0) is 35.4 Å². The molecule has 0 saturated carbocycles. The maximum atomic E-state index is 12.8. The zero-order valence-corrected chi connectivity index (χ0v) is 15.5. The molecular weight excluding hydrogens is 344 g/mol. The summed E-state index contributed by atoms with van der Waals surface area (Å²) in [4.78, 5) is 17.1. The molecule has 0 spiro atoms. The predicted molar refractivity (Wildman–Crippen MR) is 101 cm³/mol. The smallest absolute Gasteiger partial charge is 0.253 e. The van der Waals surface area contributed by atoms with Crippen molar-refractivity contribution in [2.75, 3.05) is 40.1 Å². The molecule has 2 heterocycles. The van der Waals surface area contributed by atoms with Crippen LogP contribution in [0.2, 0.25) is 0 Å². The molecule has 142 valence electrons. The molecular formula is C21H24N2O4. The molecule has 2 aliphatic rings. The third-order valence-corrected chi connectivity index (χ3v) is 4.99. The minimum Gasteiger partial charge on any atom is -0.454 e. The van der Waals surface area contributed by atoms with Crippen LogP contribution in [0.15, 0.2) is 42.5 Å². The number of amides is 1. The van der Waals surface area contributed by atoms with Crippen molar-refractivity contribution in [3.8, 4) is 11.5 Å². The van der Waals surface area contributed by atoms with Crippen molar-refractivity contribution < 1.29 is 19.0 Å². The normalized spacial score (nSPS) is 16.6. The minimum absolute atomic E-state index is 0.0932. The lowest BCUT2D eigenvalue weighted by atomic mass is 10.1. The number of piperazine rings is 1. The number of nitrogens with zero attached hydrogens (tertiary/aromatic N) is 2. The number of methoxy groups -OCH3 is 1. The molecule has 1 amide bonds. The van der Waals surface area contributed by atoms with Gasteiger partial charge in [-0.2, -0.15) is 0 Å². The van der Waals surface area contributed by atoms with E-state index in [9.17, 15) is 4.79 Å². The fourth-order valence-corrected chi connectivity index (χ4v) is 3.55. The van der Waals surface area contributed by atoms with Gasteiger partial charge in [0.15, 0.2) is 11.5 Å². The maximum absolute atomic E-state index is 12.8. The number of carbonyl (C=O) groups is 1. The van der Waals surface area contributed by atoms with Crippen LogP contribution in [0.3, 0.4) is 0 Å². The number of ether oxygens (including phenoxy) is 3. The van der Waals surface area contributed by atoms with Gasteiger partial charge in [0.25, 0.3) is 5.91 Å². The molecule has 2 aliphatic heterocycles. The molecule has 0 aromatic heterocycles. The van der Waals surface area contributed by atoms with Crippen LogP contribution < -0.4 is 9.47 Å². The third kappa shape index (κ3) is 4.07. The molecule has 27 heavy (non-hydrogen) atoms. The van der Waals surface area contributed by atoms with Crippen LogP contribution in [0.4, 0.5) is 0 Å². The lowest BCUT2D eigenvalue weighted by Crippen LogP contribution is -2.48. The molecule has 6 heteroatoms. The Labute approximate surface area is 159 Å². The van der Waals surface area contributed by atoms with Gasteiger partial charge in [0.05, 0.1) is 6.61 Å². The molecule has 4 rings (SSSR count). The van der Waals surface area contributed by atoms with Gasteiger partial charge >= 0.3 is 0 Å². The van der Waals surface area contributed by atoms with Gasteiger partial charge in [-0.15, -0.1) is 0 Å². The average Bonchev–Trinajstić information content (AvgIpc) is 3.16. The fourth-order valence-electron chi connectivity index (χ4n) is 3.55. The van der Waals surface area contributed by atoms with E-state index < -0.39 is 0 Å². The molecule has 0 aliphatic carbocycles. The van der Waals surface area contributed by atoms with Crippen molar-refractivity contribution >= 4 is 5.91 Å². The fraction of sp³-hybridized carbons (Fsp3) is 0.381. The Balaban J connectivity index is 1.33. The molecule has 2 aromatic carbocycles. The predicted octanol–water partition coefficient (Wildman–Crippen LogP) is 2.52. The van der Waals surface area contributed by atoms with Crippen molar-refractivity contribution in [2.45, 2.75) is 13.2 Å². The summed E-state index contributed by atoms with van der Waals surface area (Å²) in [5.74, 6) is 1.72. The Bertz CT molecular complexity index is 816. The van der Waals surface area contributed by atoms with Crippen molar-refractivity contribution in [1.29, 1.82) is 0 Å². The van der Waals surface area contributed by atoms with E-state index in [1.165, 1.54) is 5.56 Å². The van der Waals surface area contributed by atoms with Gasteiger partial charge in [-0.25, -0.2) is 0 Å². The van der Waals surface area contributed by atoms with E-state index in [-0.39, 0.29) is 5.91 Å². The van der Waals surface area contributed by atoms with Gasteiger partial charge in [0, 0.05) is 45.4 Å². The second-order valence-corrected chi connectivity index (χ2v) is 6.89. The molecule has 0 radical (unpaired) electrons. The van der Waals surface area contributed by atoms with Gasteiger partial charge in [-0.3, -0.25) is 9.69 Å². The van der Waals surface area contributed by atoms with Crippen LogP contribution in [0.5, 0.6) is 11.5 Å². The zero-order valence-electron chi connectivity index (χ0n) is 15.5. The summed E-state index contributed by atoms with van der Waals surface area (Å²) in [6.45, 7) is 4.85. The van der Waals surface area contributed by atoms with Crippen LogP contribution >= 0.6 is 0 Å². The Hall–Kier alpha value is -2.57. The summed E-state index contributed by atoms with van der Waals surface area (Å²) in [6.07, 6.45) is 0. The van der Waals surface area contributed by atoms with E-state index in [2.05, 4.69) is 11.0 Å². The van der Waals surface area contributed by atoms with Crippen LogP contribution in [0.1, 0.15) is 21.5 Å². The monoisotopic (exact) mass is 368 g/mol. The molecule has 0 N–H and O–H groups in total. The average molecular weight is 368 g/mol. The molecule has 1 saturated heterocycles. The first-order valence-electron chi connectivity index (χ1n) is 9.21. The largest absolute Gasteiger partial charge is 0.454 e. The Kier molecular flexibility index (Phi) is 5.27. The van der Waals surface area contributed by atoms with E-state index in [4.69, 9.17) is 14.2 Å². The molecule has 1 fully saturated rings. The lowest BCUT2D eigenvalue weighted by molar-refractivity contribution is 0.0628. The molecule has 2 aromatic rings. The summed E-state index contributed by atoms with van der Waals surface area (Å²) in [7, 11) is 1.66. The van der Waals surface area contributed by atoms with Crippen LogP contribution in [0, 0.1) is 0 Å². The number of fused-ring (bicyclic) bond motifs is 1. The number of hydrogen-bond donors (Lipinski definition) is 0. The minimum atomic E-state index is 0.0932. The van der Waals surface area contributed by atoms with Crippen LogP contribution in [-0.4, -0.2) is 55.8 Å².